The van der Waals surface area contributed by atoms with Crippen molar-refractivity contribution in [1.82, 2.24) is 5.43 Å². The van der Waals surface area contributed by atoms with Crippen LogP contribution in [0.4, 0.5) is 0 Å². The van der Waals surface area contributed by atoms with Crippen molar-refractivity contribution < 1.29 is 4.74 Å². The van der Waals surface area contributed by atoms with Crippen LogP contribution in [0, 0.1) is 0 Å². The van der Waals surface area contributed by atoms with Crippen molar-refractivity contribution in [1.29, 1.82) is 0 Å². The first-order chi connectivity index (χ1) is 8.85. The van der Waals surface area contributed by atoms with Crippen molar-refractivity contribution in [3.8, 4) is 0 Å². The molecule has 3 N–H and O–H groups in total. The number of hydrogen-bond donors (Lipinski definition) is 2. The van der Waals surface area contributed by atoms with Gasteiger partial charge in [0, 0.05) is 17.5 Å². The van der Waals surface area contributed by atoms with Gasteiger partial charge in [0.25, 0.3) is 0 Å². The van der Waals surface area contributed by atoms with Gasteiger partial charge in [-0.1, -0.05) is 18.2 Å². The number of hydrogen-bond acceptors (Lipinski definition) is 4. The summed E-state index contributed by atoms with van der Waals surface area (Å²) in [6.45, 7) is 0.923. The minimum Gasteiger partial charge on any atom is -0.378 e. The fraction of sp³-hybridized carbons (Fsp3) is 0.571. The normalized spacial score (nSPS) is 21.1. The van der Waals surface area contributed by atoms with Gasteiger partial charge in [0.05, 0.1) is 6.10 Å². The maximum atomic E-state index is 5.71. The fourth-order valence-corrected chi connectivity index (χ4v) is 3.17. The van der Waals surface area contributed by atoms with Gasteiger partial charge in [-0.3, -0.25) is 11.3 Å². The zero-order valence-electron chi connectivity index (χ0n) is 10.9. The molecule has 2 atom stereocenters. The Morgan fingerprint density at radius 2 is 2.33 bits per heavy atom. The SMILES string of the molecule is CSc1ccccc1C(CCC1CCCO1)NN. The van der Waals surface area contributed by atoms with Gasteiger partial charge in [0.15, 0.2) is 0 Å². The molecule has 100 valence electrons. The zero-order valence-corrected chi connectivity index (χ0v) is 11.7. The third kappa shape index (κ3) is 3.48. The Hall–Kier alpha value is -0.550. The molecular formula is C14H22N2OS. The molecule has 4 heteroatoms. The zero-order chi connectivity index (χ0) is 12.8. The van der Waals surface area contributed by atoms with Crippen LogP contribution in [0.15, 0.2) is 29.2 Å². The van der Waals surface area contributed by atoms with Gasteiger partial charge in [-0.2, -0.15) is 0 Å². The van der Waals surface area contributed by atoms with Crippen molar-refractivity contribution in [3.05, 3.63) is 29.8 Å². The molecule has 1 aromatic carbocycles. The van der Waals surface area contributed by atoms with Crippen LogP contribution in [0.5, 0.6) is 0 Å². The monoisotopic (exact) mass is 266 g/mol. The van der Waals surface area contributed by atoms with Crippen LogP contribution < -0.4 is 11.3 Å². The Labute approximate surface area is 113 Å². The number of nitrogens with one attached hydrogen (secondary N) is 1. The number of hydrazine groups is 1. The number of thioether (sulfide) groups is 1. The lowest BCUT2D eigenvalue weighted by Gasteiger charge is -2.20. The van der Waals surface area contributed by atoms with Crippen LogP contribution in [-0.4, -0.2) is 19.0 Å². The third-order valence-electron chi connectivity index (χ3n) is 3.52. The Morgan fingerprint density at radius 3 is 3.00 bits per heavy atom. The Bertz CT molecular complexity index is 367. The number of ether oxygens (including phenoxy) is 1. The van der Waals surface area contributed by atoms with E-state index in [0.717, 1.165) is 19.4 Å². The van der Waals surface area contributed by atoms with E-state index in [4.69, 9.17) is 10.6 Å². The molecule has 3 nitrogen and oxygen atoms in total. The third-order valence-corrected chi connectivity index (χ3v) is 4.33. The van der Waals surface area contributed by atoms with Crippen LogP contribution in [0.2, 0.25) is 0 Å². The molecule has 1 heterocycles. The van der Waals surface area contributed by atoms with Crippen LogP contribution >= 0.6 is 11.8 Å². The molecule has 0 amide bonds. The topological polar surface area (TPSA) is 47.3 Å². The van der Waals surface area contributed by atoms with Gasteiger partial charge in [-0.15, -0.1) is 11.8 Å². The van der Waals surface area contributed by atoms with Crippen molar-refractivity contribution in [2.24, 2.45) is 5.84 Å². The smallest absolute Gasteiger partial charge is 0.0576 e. The van der Waals surface area contributed by atoms with E-state index in [-0.39, 0.29) is 6.04 Å². The average molecular weight is 266 g/mol. The first kappa shape index (κ1) is 13.9. The second-order valence-electron chi connectivity index (χ2n) is 4.67. The van der Waals surface area contributed by atoms with E-state index in [0.29, 0.717) is 6.10 Å². The molecule has 0 aromatic heterocycles. The number of nitrogens with two attached hydrogens (primary N) is 1. The van der Waals surface area contributed by atoms with Crippen LogP contribution in [-0.2, 0) is 4.74 Å². The molecule has 1 aliphatic heterocycles. The summed E-state index contributed by atoms with van der Waals surface area (Å²) in [6, 6.07) is 8.68. The van der Waals surface area contributed by atoms with Gasteiger partial charge < -0.3 is 4.74 Å². The quantitative estimate of drug-likeness (QED) is 0.472. The second kappa shape index (κ2) is 7.14. The first-order valence-electron chi connectivity index (χ1n) is 6.55. The second-order valence-corrected chi connectivity index (χ2v) is 5.52. The summed E-state index contributed by atoms with van der Waals surface area (Å²) in [7, 11) is 0. The molecule has 0 aliphatic carbocycles. The molecule has 1 saturated heterocycles. The highest BCUT2D eigenvalue weighted by Gasteiger charge is 2.19. The van der Waals surface area contributed by atoms with Crippen molar-refractivity contribution in [3.63, 3.8) is 0 Å². The fourth-order valence-electron chi connectivity index (χ4n) is 2.51. The lowest BCUT2D eigenvalue weighted by Crippen LogP contribution is -2.29. The van der Waals surface area contributed by atoms with Gasteiger partial charge in [0.2, 0.25) is 0 Å². The summed E-state index contributed by atoms with van der Waals surface area (Å²) < 4.78 is 5.67. The summed E-state index contributed by atoms with van der Waals surface area (Å²) >= 11 is 1.77. The van der Waals surface area contributed by atoms with E-state index < -0.39 is 0 Å². The average Bonchev–Trinajstić information content (AvgIpc) is 2.93. The van der Waals surface area contributed by atoms with Crippen molar-refractivity contribution in [2.45, 2.75) is 42.7 Å². The Balaban J connectivity index is 1.98. The molecule has 18 heavy (non-hydrogen) atoms. The van der Waals surface area contributed by atoms with Crippen LogP contribution in [0.1, 0.15) is 37.3 Å². The van der Waals surface area contributed by atoms with Crippen LogP contribution in [0.25, 0.3) is 0 Å². The highest BCUT2D eigenvalue weighted by Crippen LogP contribution is 2.29. The predicted octanol–water partition coefficient (Wildman–Crippen LogP) is 2.87. The van der Waals surface area contributed by atoms with E-state index in [9.17, 15) is 0 Å². The molecule has 2 rings (SSSR count). The molecule has 0 saturated carbocycles. The summed E-state index contributed by atoms with van der Waals surface area (Å²) in [4.78, 5) is 1.30. The molecular weight excluding hydrogens is 244 g/mol. The molecule has 0 bridgehead atoms. The molecule has 1 aromatic rings. The molecule has 0 radical (unpaired) electrons. The highest BCUT2D eigenvalue weighted by atomic mass is 32.2. The molecule has 1 fully saturated rings. The lowest BCUT2D eigenvalue weighted by molar-refractivity contribution is 0.0995. The minimum atomic E-state index is 0.220. The lowest BCUT2D eigenvalue weighted by atomic mass is 10.00. The first-order valence-corrected chi connectivity index (χ1v) is 7.78. The number of rotatable bonds is 6. The van der Waals surface area contributed by atoms with E-state index in [2.05, 4.69) is 35.9 Å². The summed E-state index contributed by atoms with van der Waals surface area (Å²) in [5, 5.41) is 0. The molecule has 1 aliphatic rings. The van der Waals surface area contributed by atoms with Crippen molar-refractivity contribution in [2.75, 3.05) is 12.9 Å². The summed E-state index contributed by atoms with van der Waals surface area (Å²) in [5.74, 6) is 5.71. The summed E-state index contributed by atoms with van der Waals surface area (Å²) in [5.41, 5.74) is 4.24. The Kier molecular flexibility index (Phi) is 5.50. The highest BCUT2D eigenvalue weighted by molar-refractivity contribution is 7.98. The van der Waals surface area contributed by atoms with Crippen molar-refractivity contribution >= 4 is 11.8 Å². The van der Waals surface area contributed by atoms with Gasteiger partial charge in [0.1, 0.15) is 0 Å². The summed E-state index contributed by atoms with van der Waals surface area (Å²) in [6.07, 6.45) is 7.04. The maximum Gasteiger partial charge on any atom is 0.0576 e. The molecule has 2 unspecified atom stereocenters. The molecule has 0 spiro atoms. The maximum absolute atomic E-state index is 5.71. The minimum absolute atomic E-state index is 0.220. The van der Waals surface area contributed by atoms with Gasteiger partial charge in [-0.25, -0.2) is 0 Å². The van der Waals surface area contributed by atoms with E-state index in [1.165, 1.54) is 23.3 Å². The number of benzene rings is 1. The van der Waals surface area contributed by atoms with E-state index in [1.54, 1.807) is 11.8 Å². The van der Waals surface area contributed by atoms with Gasteiger partial charge in [-0.05, 0) is 43.6 Å². The van der Waals surface area contributed by atoms with E-state index >= 15 is 0 Å². The van der Waals surface area contributed by atoms with Crippen LogP contribution in [0.3, 0.4) is 0 Å². The van der Waals surface area contributed by atoms with E-state index in [1.807, 2.05) is 0 Å². The predicted molar refractivity (Wildman–Crippen MR) is 76.5 cm³/mol. The standard InChI is InChI=1S/C14H22N2OS/c1-18-14-7-3-2-6-12(14)13(16-15)9-8-11-5-4-10-17-11/h2-3,6-7,11,13,16H,4-5,8-10,15H2,1H3. The van der Waals surface area contributed by atoms with Gasteiger partial charge >= 0.3 is 0 Å². The largest absolute Gasteiger partial charge is 0.378 e. The Morgan fingerprint density at radius 1 is 1.50 bits per heavy atom.